The van der Waals surface area contributed by atoms with Crippen LogP contribution in [0.15, 0.2) is 71.5 Å². The average Bonchev–Trinajstić information content (AvgIpc) is 3.23. The van der Waals surface area contributed by atoms with Crippen molar-refractivity contribution in [1.29, 1.82) is 0 Å². The zero-order valence-electron chi connectivity index (χ0n) is 16.7. The van der Waals surface area contributed by atoms with Crippen LogP contribution in [0.25, 0.3) is 10.9 Å². The van der Waals surface area contributed by atoms with Gasteiger partial charge >= 0.3 is 0 Å². The first-order valence-electron chi connectivity index (χ1n) is 10.1. The van der Waals surface area contributed by atoms with Gasteiger partial charge in [0.1, 0.15) is 17.3 Å². The third-order valence-electron chi connectivity index (χ3n) is 5.16. The molecule has 2 aromatic carbocycles. The molecule has 156 valence electrons. The van der Waals surface area contributed by atoms with Crippen LogP contribution < -0.4 is 20.7 Å². The molecular formula is C23H21BrN6O. The lowest BCUT2D eigenvalue weighted by Gasteiger charge is -2.18. The normalized spacial score (nSPS) is 15.9. The lowest BCUT2D eigenvalue weighted by atomic mass is 10.2. The number of para-hydroxylation sites is 1. The maximum Gasteiger partial charge on any atom is 0.227 e. The van der Waals surface area contributed by atoms with Crippen molar-refractivity contribution < 1.29 is 4.74 Å². The molecule has 0 aliphatic carbocycles. The molecule has 0 unspecified atom stereocenters. The van der Waals surface area contributed by atoms with E-state index in [-0.39, 0.29) is 6.04 Å². The summed E-state index contributed by atoms with van der Waals surface area (Å²) in [5, 5.41) is 4.25. The quantitative estimate of drug-likeness (QED) is 0.424. The molecule has 2 aromatic heterocycles. The molecule has 7 nitrogen and oxygen atoms in total. The molecule has 1 aliphatic rings. The number of rotatable bonds is 5. The van der Waals surface area contributed by atoms with E-state index in [2.05, 4.69) is 31.1 Å². The minimum absolute atomic E-state index is 0.147. The van der Waals surface area contributed by atoms with Crippen LogP contribution in [-0.4, -0.2) is 34.1 Å². The number of aromatic nitrogens is 3. The Morgan fingerprint density at radius 2 is 1.77 bits per heavy atom. The largest absolute Gasteiger partial charge is 0.457 e. The monoisotopic (exact) mass is 476 g/mol. The van der Waals surface area contributed by atoms with Crippen molar-refractivity contribution in [2.24, 2.45) is 5.73 Å². The Hall–Kier alpha value is -3.23. The van der Waals surface area contributed by atoms with Crippen LogP contribution in [0.1, 0.15) is 6.42 Å². The maximum absolute atomic E-state index is 6.09. The van der Waals surface area contributed by atoms with Crippen molar-refractivity contribution in [3.8, 4) is 11.5 Å². The summed E-state index contributed by atoms with van der Waals surface area (Å²) in [7, 11) is 0. The highest BCUT2D eigenvalue weighted by atomic mass is 79.9. The van der Waals surface area contributed by atoms with Gasteiger partial charge in [-0.1, -0.05) is 18.2 Å². The van der Waals surface area contributed by atoms with E-state index in [1.165, 1.54) is 0 Å². The average molecular weight is 477 g/mol. The fourth-order valence-electron chi connectivity index (χ4n) is 3.57. The highest BCUT2D eigenvalue weighted by molar-refractivity contribution is 9.10. The molecular weight excluding hydrogens is 456 g/mol. The van der Waals surface area contributed by atoms with E-state index in [1.54, 1.807) is 12.4 Å². The van der Waals surface area contributed by atoms with Crippen LogP contribution in [0.3, 0.4) is 0 Å². The molecule has 1 atom stereocenters. The lowest BCUT2D eigenvalue weighted by molar-refractivity contribution is 0.483. The van der Waals surface area contributed by atoms with Crippen LogP contribution in [0.4, 0.5) is 17.5 Å². The highest BCUT2D eigenvalue weighted by Crippen LogP contribution is 2.31. The Morgan fingerprint density at radius 1 is 1.00 bits per heavy atom. The van der Waals surface area contributed by atoms with Crippen molar-refractivity contribution in [3.05, 3.63) is 71.5 Å². The minimum Gasteiger partial charge on any atom is -0.457 e. The van der Waals surface area contributed by atoms with Gasteiger partial charge in [0, 0.05) is 37.2 Å². The van der Waals surface area contributed by atoms with E-state index in [0.717, 1.165) is 52.1 Å². The molecule has 1 fully saturated rings. The molecule has 31 heavy (non-hydrogen) atoms. The van der Waals surface area contributed by atoms with Crippen LogP contribution in [0.2, 0.25) is 0 Å². The minimum atomic E-state index is 0.147. The molecule has 0 amide bonds. The third-order valence-corrected chi connectivity index (χ3v) is 5.74. The third kappa shape index (κ3) is 4.30. The van der Waals surface area contributed by atoms with E-state index in [9.17, 15) is 0 Å². The van der Waals surface area contributed by atoms with E-state index in [1.807, 2.05) is 54.6 Å². The van der Waals surface area contributed by atoms with Gasteiger partial charge in [0.25, 0.3) is 0 Å². The first-order valence-corrected chi connectivity index (χ1v) is 10.9. The van der Waals surface area contributed by atoms with E-state index < -0.39 is 0 Å². The first-order chi connectivity index (χ1) is 15.2. The van der Waals surface area contributed by atoms with Crippen molar-refractivity contribution >= 4 is 44.3 Å². The van der Waals surface area contributed by atoms with Gasteiger partial charge < -0.3 is 20.7 Å². The van der Waals surface area contributed by atoms with Crippen LogP contribution in [0, 0.1) is 0 Å². The van der Waals surface area contributed by atoms with E-state index in [4.69, 9.17) is 20.4 Å². The Bertz CT molecular complexity index is 1200. The summed E-state index contributed by atoms with van der Waals surface area (Å²) < 4.78 is 6.70. The number of anilines is 3. The van der Waals surface area contributed by atoms with Crippen LogP contribution in [0.5, 0.6) is 11.5 Å². The fraction of sp³-hybridized carbons (Fsp3) is 0.174. The lowest BCUT2D eigenvalue weighted by Crippen LogP contribution is -2.27. The van der Waals surface area contributed by atoms with Gasteiger partial charge in [-0.05, 0) is 58.7 Å². The number of pyridine rings is 1. The Labute approximate surface area is 188 Å². The molecule has 3 N–H and O–H groups in total. The number of halogens is 1. The van der Waals surface area contributed by atoms with Crippen molar-refractivity contribution in [2.45, 2.75) is 12.5 Å². The molecule has 5 rings (SSSR count). The Balaban J connectivity index is 1.44. The summed E-state index contributed by atoms with van der Waals surface area (Å²) in [6.45, 7) is 1.60. The summed E-state index contributed by atoms with van der Waals surface area (Å²) in [6, 6.07) is 17.6. The van der Waals surface area contributed by atoms with Gasteiger partial charge in [-0.2, -0.15) is 4.98 Å². The number of nitrogens with one attached hydrogen (secondary N) is 1. The van der Waals surface area contributed by atoms with Crippen LogP contribution >= 0.6 is 15.9 Å². The SMILES string of the molecule is N[C@@H]1CCN(c2nc(Nc3ccc(Oc4ccccc4)cc3)c3cncc(Br)c3n2)C1. The van der Waals surface area contributed by atoms with E-state index >= 15 is 0 Å². The molecule has 0 bridgehead atoms. The number of hydrogen-bond acceptors (Lipinski definition) is 7. The first kappa shape index (κ1) is 19.7. The second kappa shape index (κ2) is 8.49. The molecule has 1 aliphatic heterocycles. The van der Waals surface area contributed by atoms with E-state index in [0.29, 0.717) is 11.8 Å². The maximum atomic E-state index is 6.09. The summed E-state index contributed by atoms with van der Waals surface area (Å²) in [4.78, 5) is 16.0. The summed E-state index contributed by atoms with van der Waals surface area (Å²) in [5.41, 5.74) is 7.80. The smallest absolute Gasteiger partial charge is 0.227 e. The number of nitrogens with zero attached hydrogens (tertiary/aromatic N) is 4. The topological polar surface area (TPSA) is 89.2 Å². The fourth-order valence-corrected chi connectivity index (χ4v) is 3.99. The number of benzene rings is 2. The molecule has 4 aromatic rings. The predicted molar refractivity (Wildman–Crippen MR) is 126 cm³/mol. The van der Waals surface area contributed by atoms with Gasteiger partial charge in [-0.15, -0.1) is 0 Å². The van der Waals surface area contributed by atoms with Gasteiger partial charge in [-0.3, -0.25) is 4.98 Å². The summed E-state index contributed by atoms with van der Waals surface area (Å²) in [6.07, 6.45) is 4.45. The second-order valence-electron chi connectivity index (χ2n) is 7.45. The molecule has 8 heteroatoms. The molecule has 0 radical (unpaired) electrons. The van der Waals surface area contributed by atoms with Gasteiger partial charge in [0.2, 0.25) is 5.95 Å². The van der Waals surface area contributed by atoms with Crippen molar-refractivity contribution in [1.82, 2.24) is 15.0 Å². The standard InChI is InChI=1S/C23H21BrN6O/c24-20-13-26-12-19-21(20)28-23(30-11-10-15(25)14-30)29-22(19)27-16-6-8-18(9-7-16)31-17-4-2-1-3-5-17/h1-9,12-13,15H,10-11,14,25H2,(H,27,28,29)/t15-/m1/s1. The zero-order valence-corrected chi connectivity index (χ0v) is 18.3. The summed E-state index contributed by atoms with van der Waals surface area (Å²) >= 11 is 3.57. The summed E-state index contributed by atoms with van der Waals surface area (Å²) in [5.74, 6) is 2.93. The predicted octanol–water partition coefficient (Wildman–Crippen LogP) is 4.86. The van der Waals surface area contributed by atoms with Crippen molar-refractivity contribution in [2.75, 3.05) is 23.3 Å². The number of nitrogens with two attached hydrogens (primary N) is 1. The van der Waals surface area contributed by atoms with Gasteiger partial charge in [0.05, 0.1) is 15.4 Å². The number of fused-ring (bicyclic) bond motifs is 1. The number of hydrogen-bond donors (Lipinski definition) is 2. The van der Waals surface area contributed by atoms with Gasteiger partial charge in [0.15, 0.2) is 0 Å². The van der Waals surface area contributed by atoms with Gasteiger partial charge in [-0.25, -0.2) is 4.98 Å². The highest BCUT2D eigenvalue weighted by Gasteiger charge is 2.23. The molecule has 3 heterocycles. The molecule has 0 spiro atoms. The second-order valence-corrected chi connectivity index (χ2v) is 8.30. The molecule has 1 saturated heterocycles. The van der Waals surface area contributed by atoms with Crippen molar-refractivity contribution in [3.63, 3.8) is 0 Å². The number of ether oxygens (including phenoxy) is 1. The zero-order chi connectivity index (χ0) is 21.2. The molecule has 0 saturated carbocycles. The van der Waals surface area contributed by atoms with Crippen LogP contribution in [-0.2, 0) is 0 Å². The Morgan fingerprint density at radius 3 is 2.52 bits per heavy atom. The Kier molecular flexibility index (Phi) is 5.40.